The van der Waals surface area contributed by atoms with Gasteiger partial charge in [0, 0.05) is 24.7 Å². The van der Waals surface area contributed by atoms with Gasteiger partial charge in [-0.1, -0.05) is 12.8 Å². The number of rotatable bonds is 5. The van der Waals surface area contributed by atoms with E-state index >= 15 is 0 Å². The SMILES string of the molecule is C#CCC1(C)CN(C2CCCC2)C(=O)C(C2=NS(=O)(=O)c3cc(NS(C)(=O)=O)ccc3N2)=C1O. The van der Waals surface area contributed by atoms with Gasteiger partial charge >= 0.3 is 0 Å². The van der Waals surface area contributed by atoms with E-state index in [1.165, 1.54) is 12.1 Å². The van der Waals surface area contributed by atoms with Crippen LogP contribution in [-0.2, 0) is 24.8 Å². The third-order valence-corrected chi connectivity index (χ3v) is 8.25. The summed E-state index contributed by atoms with van der Waals surface area (Å²) >= 11 is 0. The molecule has 1 unspecified atom stereocenters. The van der Waals surface area contributed by atoms with Crippen molar-refractivity contribution in [2.45, 2.75) is 50.0 Å². The number of nitrogens with zero attached hydrogens (tertiary/aromatic N) is 2. The Hall–Kier alpha value is -3.04. The molecule has 0 bridgehead atoms. The lowest BCUT2D eigenvalue weighted by molar-refractivity contribution is -0.132. The molecular weight excluding hydrogens is 480 g/mol. The van der Waals surface area contributed by atoms with Crippen LogP contribution < -0.4 is 10.0 Å². The van der Waals surface area contributed by atoms with Crippen LogP contribution in [0.3, 0.4) is 0 Å². The molecule has 1 amide bonds. The molecule has 1 aromatic carbocycles. The molecule has 1 fully saturated rings. The number of terminal acetylenes is 1. The van der Waals surface area contributed by atoms with Crippen LogP contribution in [0.1, 0.15) is 39.0 Å². The third-order valence-electron chi connectivity index (χ3n) is 6.32. The summed E-state index contributed by atoms with van der Waals surface area (Å²) in [5.74, 6) is 1.46. The molecule has 3 N–H and O–H groups in total. The highest BCUT2D eigenvalue weighted by Gasteiger charge is 2.47. The summed E-state index contributed by atoms with van der Waals surface area (Å²) in [5, 5.41) is 14.0. The molecule has 1 aromatic rings. The lowest BCUT2D eigenvalue weighted by atomic mass is 9.78. The average molecular weight is 507 g/mol. The minimum Gasteiger partial charge on any atom is -0.511 e. The Morgan fingerprint density at radius 3 is 2.65 bits per heavy atom. The Bertz CT molecular complexity index is 1370. The molecule has 10 nitrogen and oxygen atoms in total. The number of aliphatic hydroxyl groups excluding tert-OH is 1. The first kappa shape index (κ1) is 24.1. The van der Waals surface area contributed by atoms with E-state index in [1.807, 2.05) is 0 Å². The quantitative estimate of drug-likeness (QED) is 0.519. The molecule has 34 heavy (non-hydrogen) atoms. The van der Waals surface area contributed by atoms with Gasteiger partial charge in [0.2, 0.25) is 10.0 Å². The molecular formula is C22H26N4O6S2. The van der Waals surface area contributed by atoms with Gasteiger partial charge in [-0.2, -0.15) is 8.42 Å². The van der Waals surface area contributed by atoms with E-state index in [1.54, 1.807) is 11.8 Å². The molecule has 0 saturated heterocycles. The Balaban J connectivity index is 1.80. The van der Waals surface area contributed by atoms with Crippen LogP contribution >= 0.6 is 0 Å². The number of sulfonamides is 2. The molecule has 12 heteroatoms. The summed E-state index contributed by atoms with van der Waals surface area (Å²) in [7, 11) is -7.94. The largest absolute Gasteiger partial charge is 0.511 e. The number of amides is 1. The molecule has 0 aromatic heterocycles. The van der Waals surface area contributed by atoms with Crippen molar-refractivity contribution >= 4 is 43.2 Å². The molecule has 0 radical (unpaired) electrons. The number of fused-ring (bicyclic) bond motifs is 1. The van der Waals surface area contributed by atoms with Crippen LogP contribution in [0.5, 0.6) is 0 Å². The van der Waals surface area contributed by atoms with E-state index in [4.69, 9.17) is 6.42 Å². The standard InChI is InChI=1S/C22H26N4O6S2/c1-4-11-22(2)13-26(15-7-5-6-8-15)21(28)18(19(22)27)20-23-16-10-9-14(24-33(3,29)30)12-17(16)34(31,32)25-20/h1,9-10,12,15,24,27H,5-8,11,13H2,2-3H3,(H,23,25). The van der Waals surface area contributed by atoms with Crippen LogP contribution in [0, 0.1) is 17.8 Å². The first-order chi connectivity index (χ1) is 15.8. The highest BCUT2D eigenvalue weighted by atomic mass is 32.2. The number of carbonyl (C=O) groups is 1. The van der Waals surface area contributed by atoms with E-state index < -0.39 is 31.4 Å². The first-order valence-corrected chi connectivity index (χ1v) is 14.1. The van der Waals surface area contributed by atoms with Crippen molar-refractivity contribution in [3.8, 4) is 12.3 Å². The maximum atomic E-state index is 13.5. The van der Waals surface area contributed by atoms with Gasteiger partial charge in [0.25, 0.3) is 15.9 Å². The number of benzene rings is 1. The number of hydrogen-bond acceptors (Lipinski definition) is 7. The van der Waals surface area contributed by atoms with Gasteiger partial charge in [-0.05, 0) is 38.0 Å². The molecule has 1 saturated carbocycles. The van der Waals surface area contributed by atoms with Gasteiger partial charge in [0.1, 0.15) is 16.2 Å². The molecule has 3 aliphatic rings. The minimum absolute atomic E-state index is 0.0228. The van der Waals surface area contributed by atoms with Crippen molar-refractivity contribution in [3.05, 3.63) is 29.5 Å². The zero-order valence-electron chi connectivity index (χ0n) is 18.8. The summed E-state index contributed by atoms with van der Waals surface area (Å²) < 4.78 is 55.1. The lowest BCUT2D eigenvalue weighted by Crippen LogP contribution is -2.52. The number of amidine groups is 1. The van der Waals surface area contributed by atoms with Gasteiger partial charge < -0.3 is 15.3 Å². The maximum Gasteiger partial charge on any atom is 0.286 e. The highest BCUT2D eigenvalue weighted by molar-refractivity contribution is 7.92. The molecule has 2 heterocycles. The monoisotopic (exact) mass is 506 g/mol. The normalized spacial score (nSPS) is 24.8. The predicted molar refractivity (Wildman–Crippen MR) is 128 cm³/mol. The van der Waals surface area contributed by atoms with E-state index in [0.29, 0.717) is 0 Å². The number of anilines is 2. The van der Waals surface area contributed by atoms with Gasteiger partial charge in [0.15, 0.2) is 5.84 Å². The Labute approximate surface area is 199 Å². The Kier molecular flexibility index (Phi) is 5.90. The summed E-state index contributed by atoms with van der Waals surface area (Å²) in [5.41, 5.74) is -1.02. The van der Waals surface area contributed by atoms with Crippen LogP contribution in [0.2, 0.25) is 0 Å². The summed E-state index contributed by atoms with van der Waals surface area (Å²) in [6.07, 6.45) is 10.3. The first-order valence-electron chi connectivity index (χ1n) is 10.8. The van der Waals surface area contributed by atoms with Crippen molar-refractivity contribution in [1.82, 2.24) is 4.90 Å². The molecule has 1 atom stereocenters. The second-order valence-electron chi connectivity index (χ2n) is 9.16. The van der Waals surface area contributed by atoms with Crippen LogP contribution in [0.15, 0.2) is 38.8 Å². The maximum absolute atomic E-state index is 13.5. The van der Waals surface area contributed by atoms with Crippen molar-refractivity contribution in [3.63, 3.8) is 0 Å². The summed E-state index contributed by atoms with van der Waals surface area (Å²) in [6.45, 7) is 1.97. The lowest BCUT2D eigenvalue weighted by Gasteiger charge is -2.43. The number of carbonyl (C=O) groups excluding carboxylic acids is 1. The van der Waals surface area contributed by atoms with Crippen LogP contribution in [0.4, 0.5) is 11.4 Å². The van der Waals surface area contributed by atoms with E-state index in [0.717, 1.165) is 38.0 Å². The summed E-state index contributed by atoms with van der Waals surface area (Å²) in [6, 6.07) is 3.87. The van der Waals surface area contributed by atoms with Gasteiger partial charge in [-0.25, -0.2) is 8.42 Å². The van der Waals surface area contributed by atoms with Crippen molar-refractivity contribution < 1.29 is 26.7 Å². The highest BCUT2D eigenvalue weighted by Crippen LogP contribution is 2.41. The fourth-order valence-electron chi connectivity index (χ4n) is 4.70. The number of nitrogens with one attached hydrogen (secondary N) is 2. The third kappa shape index (κ3) is 4.37. The zero-order valence-corrected chi connectivity index (χ0v) is 20.5. The fraction of sp³-hybridized carbons (Fsp3) is 0.455. The second kappa shape index (κ2) is 8.32. The van der Waals surface area contributed by atoms with E-state index in [9.17, 15) is 26.7 Å². The van der Waals surface area contributed by atoms with Crippen molar-refractivity contribution in [2.75, 3.05) is 22.8 Å². The summed E-state index contributed by atoms with van der Waals surface area (Å²) in [4.78, 5) is 14.9. The second-order valence-corrected chi connectivity index (χ2v) is 12.5. The molecule has 4 rings (SSSR count). The van der Waals surface area contributed by atoms with Gasteiger partial charge in [0.05, 0.1) is 17.4 Å². The smallest absolute Gasteiger partial charge is 0.286 e. The van der Waals surface area contributed by atoms with Gasteiger partial charge in [-0.15, -0.1) is 16.7 Å². The number of aliphatic hydroxyl groups is 1. The average Bonchev–Trinajstić information content (AvgIpc) is 3.25. The molecule has 2 aliphatic heterocycles. The minimum atomic E-state index is -4.32. The molecule has 182 valence electrons. The Morgan fingerprint density at radius 1 is 1.35 bits per heavy atom. The van der Waals surface area contributed by atoms with E-state index in [2.05, 4.69) is 20.4 Å². The number of hydrogen-bond donors (Lipinski definition) is 3. The van der Waals surface area contributed by atoms with E-state index in [-0.39, 0.29) is 52.4 Å². The molecule has 0 spiro atoms. The fourth-order valence-corrected chi connectivity index (χ4v) is 6.41. The Morgan fingerprint density at radius 2 is 2.03 bits per heavy atom. The topological polar surface area (TPSA) is 145 Å². The van der Waals surface area contributed by atoms with Crippen LogP contribution in [-0.4, -0.2) is 57.4 Å². The van der Waals surface area contributed by atoms with Crippen molar-refractivity contribution in [1.29, 1.82) is 0 Å². The van der Waals surface area contributed by atoms with Gasteiger partial charge in [-0.3, -0.25) is 9.52 Å². The van der Waals surface area contributed by atoms with Crippen LogP contribution in [0.25, 0.3) is 0 Å². The zero-order chi connectivity index (χ0) is 24.9. The predicted octanol–water partition coefficient (Wildman–Crippen LogP) is 2.20. The van der Waals surface area contributed by atoms with Crippen molar-refractivity contribution in [2.24, 2.45) is 9.81 Å². The molecule has 1 aliphatic carbocycles.